The molecule has 0 fully saturated rings. The molecule has 0 amide bonds. The van der Waals surface area contributed by atoms with Gasteiger partial charge in [0.05, 0.1) is 9.90 Å². The van der Waals surface area contributed by atoms with Crippen LogP contribution in [0.4, 0.5) is 5.69 Å². The second-order valence-corrected chi connectivity index (χ2v) is 5.45. The van der Waals surface area contributed by atoms with Gasteiger partial charge in [0.2, 0.25) is 0 Å². The highest BCUT2D eigenvalue weighted by atomic mass is 35.5. The Balaban J connectivity index is 2.13. The first-order valence-corrected chi connectivity index (χ1v) is 6.91. The highest BCUT2D eigenvalue weighted by Gasteiger charge is 2.14. The highest BCUT2D eigenvalue weighted by molar-refractivity contribution is 7.13. The Morgan fingerprint density at radius 2 is 2.16 bits per heavy atom. The number of benzene rings is 1. The van der Waals surface area contributed by atoms with Gasteiger partial charge in [-0.15, -0.1) is 16.4 Å². The molecule has 2 aromatic heterocycles. The average Bonchev–Trinajstić information content (AvgIpc) is 3.01. The SMILES string of the molecule is Cn1nc(-c2cccs2)nc1-c1cc(N)ccc1Cl. The van der Waals surface area contributed by atoms with E-state index >= 15 is 0 Å². The second kappa shape index (κ2) is 4.68. The van der Waals surface area contributed by atoms with Crippen LogP contribution < -0.4 is 5.73 Å². The van der Waals surface area contributed by atoms with Crippen LogP contribution in [0, 0.1) is 0 Å². The highest BCUT2D eigenvalue weighted by Crippen LogP contribution is 2.30. The zero-order valence-electron chi connectivity index (χ0n) is 10.2. The summed E-state index contributed by atoms with van der Waals surface area (Å²) in [6, 6.07) is 9.31. The van der Waals surface area contributed by atoms with Crippen molar-refractivity contribution < 1.29 is 0 Å². The van der Waals surface area contributed by atoms with Crippen LogP contribution in [0.1, 0.15) is 0 Å². The molecule has 0 bridgehead atoms. The zero-order chi connectivity index (χ0) is 13.4. The van der Waals surface area contributed by atoms with Crippen molar-refractivity contribution >= 4 is 28.6 Å². The van der Waals surface area contributed by atoms with Gasteiger partial charge < -0.3 is 5.73 Å². The molecule has 0 aliphatic rings. The maximum atomic E-state index is 6.20. The first kappa shape index (κ1) is 12.2. The Bertz CT molecular complexity index is 718. The summed E-state index contributed by atoms with van der Waals surface area (Å²) in [6.45, 7) is 0. The molecule has 0 radical (unpaired) electrons. The van der Waals surface area contributed by atoms with E-state index < -0.39 is 0 Å². The third-order valence-electron chi connectivity index (χ3n) is 2.74. The summed E-state index contributed by atoms with van der Waals surface area (Å²) in [4.78, 5) is 5.58. The van der Waals surface area contributed by atoms with Crippen molar-refractivity contribution in [2.24, 2.45) is 7.05 Å². The Labute approximate surface area is 119 Å². The number of halogens is 1. The molecule has 19 heavy (non-hydrogen) atoms. The average molecular weight is 291 g/mol. The van der Waals surface area contributed by atoms with Crippen molar-refractivity contribution in [3.8, 4) is 22.1 Å². The minimum atomic E-state index is 0.613. The van der Waals surface area contributed by atoms with Gasteiger partial charge >= 0.3 is 0 Å². The summed E-state index contributed by atoms with van der Waals surface area (Å²) in [5, 5.41) is 7.03. The van der Waals surface area contributed by atoms with E-state index in [1.54, 1.807) is 28.2 Å². The number of nitrogens with zero attached hydrogens (tertiary/aromatic N) is 3. The predicted octanol–water partition coefficient (Wildman–Crippen LogP) is 3.45. The lowest BCUT2D eigenvalue weighted by Crippen LogP contribution is -1.96. The summed E-state index contributed by atoms with van der Waals surface area (Å²) in [7, 11) is 1.85. The molecule has 3 rings (SSSR count). The molecule has 1 aromatic carbocycles. The maximum Gasteiger partial charge on any atom is 0.191 e. The van der Waals surface area contributed by atoms with Crippen molar-refractivity contribution in [1.29, 1.82) is 0 Å². The van der Waals surface area contributed by atoms with Crippen LogP contribution in [0.25, 0.3) is 22.1 Å². The molecule has 4 nitrogen and oxygen atoms in total. The molecule has 0 saturated carbocycles. The standard InChI is InChI=1S/C13H11ClN4S/c1-18-13(9-7-8(15)4-5-10(9)14)16-12(17-18)11-3-2-6-19-11/h2-7H,15H2,1H3. The van der Waals surface area contributed by atoms with Gasteiger partial charge in [-0.3, -0.25) is 0 Å². The summed E-state index contributed by atoms with van der Waals surface area (Å²) < 4.78 is 1.72. The molecule has 6 heteroatoms. The minimum absolute atomic E-state index is 0.613. The van der Waals surface area contributed by atoms with E-state index in [0.717, 1.165) is 10.4 Å². The van der Waals surface area contributed by atoms with E-state index in [0.29, 0.717) is 22.4 Å². The number of hydrogen-bond acceptors (Lipinski definition) is 4. The summed E-state index contributed by atoms with van der Waals surface area (Å²) in [5.74, 6) is 1.41. The maximum absolute atomic E-state index is 6.20. The third-order valence-corrected chi connectivity index (χ3v) is 3.93. The zero-order valence-corrected chi connectivity index (χ0v) is 11.7. The normalized spacial score (nSPS) is 10.8. The van der Waals surface area contributed by atoms with Gasteiger partial charge in [0, 0.05) is 18.3 Å². The third kappa shape index (κ3) is 2.22. The lowest BCUT2D eigenvalue weighted by Gasteiger charge is -2.03. The predicted molar refractivity (Wildman–Crippen MR) is 79.2 cm³/mol. The van der Waals surface area contributed by atoms with E-state index in [1.807, 2.05) is 30.6 Å². The quantitative estimate of drug-likeness (QED) is 0.736. The minimum Gasteiger partial charge on any atom is -0.399 e. The number of thiophene rings is 1. The van der Waals surface area contributed by atoms with Crippen LogP contribution >= 0.6 is 22.9 Å². The van der Waals surface area contributed by atoms with Crippen molar-refractivity contribution in [3.63, 3.8) is 0 Å². The van der Waals surface area contributed by atoms with Gasteiger partial charge in [0.15, 0.2) is 11.6 Å². The monoisotopic (exact) mass is 290 g/mol. The molecule has 0 unspecified atom stereocenters. The van der Waals surface area contributed by atoms with Crippen LogP contribution in [-0.2, 0) is 7.05 Å². The molecular weight excluding hydrogens is 280 g/mol. The lowest BCUT2D eigenvalue weighted by molar-refractivity contribution is 0.778. The summed E-state index contributed by atoms with van der Waals surface area (Å²) in [5.41, 5.74) is 7.25. The van der Waals surface area contributed by atoms with Gasteiger partial charge in [0.25, 0.3) is 0 Å². The lowest BCUT2D eigenvalue weighted by atomic mass is 10.2. The molecule has 0 aliphatic heterocycles. The molecule has 0 atom stereocenters. The molecule has 96 valence electrons. The number of nitrogen functional groups attached to an aromatic ring is 1. The fourth-order valence-corrected chi connectivity index (χ4v) is 2.70. The van der Waals surface area contributed by atoms with Crippen molar-refractivity contribution in [2.75, 3.05) is 5.73 Å². The molecule has 2 heterocycles. The van der Waals surface area contributed by atoms with Gasteiger partial charge in [0.1, 0.15) is 0 Å². The first-order valence-electron chi connectivity index (χ1n) is 5.65. The molecular formula is C13H11ClN4S. The largest absolute Gasteiger partial charge is 0.399 e. The van der Waals surface area contributed by atoms with E-state index in [4.69, 9.17) is 17.3 Å². The van der Waals surface area contributed by atoms with E-state index in [-0.39, 0.29) is 0 Å². The number of aromatic nitrogens is 3. The number of aryl methyl sites for hydroxylation is 1. The van der Waals surface area contributed by atoms with Gasteiger partial charge in [-0.25, -0.2) is 9.67 Å². The second-order valence-electron chi connectivity index (χ2n) is 4.10. The molecule has 3 aromatic rings. The summed E-state index contributed by atoms with van der Waals surface area (Å²) in [6.07, 6.45) is 0. The van der Waals surface area contributed by atoms with Crippen LogP contribution in [0.15, 0.2) is 35.7 Å². The van der Waals surface area contributed by atoms with Crippen molar-refractivity contribution in [2.45, 2.75) is 0 Å². The van der Waals surface area contributed by atoms with Crippen LogP contribution in [0.3, 0.4) is 0 Å². The van der Waals surface area contributed by atoms with Crippen molar-refractivity contribution in [3.05, 3.63) is 40.7 Å². The molecule has 0 spiro atoms. The van der Waals surface area contributed by atoms with E-state index in [2.05, 4.69) is 10.1 Å². The van der Waals surface area contributed by atoms with Crippen LogP contribution in [0.2, 0.25) is 5.02 Å². The van der Waals surface area contributed by atoms with E-state index in [9.17, 15) is 0 Å². The fourth-order valence-electron chi connectivity index (χ4n) is 1.84. The number of rotatable bonds is 2. The molecule has 0 saturated heterocycles. The number of nitrogens with two attached hydrogens (primary N) is 1. The first-order chi connectivity index (χ1) is 9.15. The Hall–Kier alpha value is -1.85. The number of anilines is 1. The van der Waals surface area contributed by atoms with E-state index in [1.165, 1.54) is 0 Å². The fraction of sp³-hybridized carbons (Fsp3) is 0.0769. The molecule has 0 aliphatic carbocycles. The van der Waals surface area contributed by atoms with Gasteiger partial charge in [-0.1, -0.05) is 17.7 Å². The smallest absolute Gasteiger partial charge is 0.191 e. The number of hydrogen-bond donors (Lipinski definition) is 1. The van der Waals surface area contributed by atoms with Crippen LogP contribution in [-0.4, -0.2) is 14.8 Å². The summed E-state index contributed by atoms with van der Waals surface area (Å²) >= 11 is 7.81. The van der Waals surface area contributed by atoms with Crippen molar-refractivity contribution in [1.82, 2.24) is 14.8 Å². The van der Waals surface area contributed by atoms with Crippen LogP contribution in [0.5, 0.6) is 0 Å². The Kier molecular flexibility index (Phi) is 3.00. The van der Waals surface area contributed by atoms with Gasteiger partial charge in [-0.05, 0) is 29.6 Å². The Morgan fingerprint density at radius 3 is 2.89 bits per heavy atom. The van der Waals surface area contributed by atoms with Gasteiger partial charge in [-0.2, -0.15) is 0 Å². The molecule has 2 N–H and O–H groups in total. The topological polar surface area (TPSA) is 56.7 Å². The Morgan fingerprint density at radius 1 is 1.32 bits per heavy atom.